The highest BCUT2D eigenvalue weighted by atomic mass is 16.4. The fourth-order valence-electron chi connectivity index (χ4n) is 3.01. The predicted octanol–water partition coefficient (Wildman–Crippen LogP) is 4.06. The molecule has 1 aliphatic heterocycles. The van der Waals surface area contributed by atoms with Crippen molar-refractivity contribution in [2.24, 2.45) is 0 Å². The zero-order valence-electron chi connectivity index (χ0n) is 12.7. The Morgan fingerprint density at radius 1 is 1.05 bits per heavy atom. The van der Waals surface area contributed by atoms with Crippen LogP contribution in [0.15, 0.2) is 0 Å². The first-order valence-electron chi connectivity index (χ1n) is 8.19. The third-order valence-corrected chi connectivity index (χ3v) is 4.31. The molecule has 0 saturated carbocycles. The van der Waals surface area contributed by atoms with Gasteiger partial charge in [0.25, 0.3) is 0 Å². The first-order valence-corrected chi connectivity index (χ1v) is 8.19. The van der Waals surface area contributed by atoms with E-state index in [1.54, 1.807) is 0 Å². The molecule has 0 aliphatic carbocycles. The smallest absolute Gasteiger partial charge is 0.320 e. The van der Waals surface area contributed by atoms with E-state index in [4.69, 9.17) is 5.11 Å². The molecule has 3 heteroatoms. The van der Waals surface area contributed by atoms with Crippen molar-refractivity contribution in [2.45, 2.75) is 90.1 Å². The van der Waals surface area contributed by atoms with Crippen LogP contribution in [0.25, 0.3) is 0 Å². The average Bonchev–Trinajstić information content (AvgIpc) is 2.36. The van der Waals surface area contributed by atoms with E-state index in [1.807, 2.05) is 0 Å². The van der Waals surface area contributed by atoms with Crippen LogP contribution >= 0.6 is 0 Å². The van der Waals surface area contributed by atoms with Gasteiger partial charge in [-0.15, -0.1) is 0 Å². The number of unbranched alkanes of at least 4 members (excludes halogenated alkanes) is 6. The monoisotopic (exact) mass is 269 g/mol. The maximum absolute atomic E-state index is 11.1. The second kappa shape index (κ2) is 9.35. The molecule has 0 aromatic carbocycles. The number of hydrogen-bond donors (Lipinski definition) is 1. The number of aliphatic carboxylic acids is 1. The van der Waals surface area contributed by atoms with Crippen LogP contribution in [0.2, 0.25) is 0 Å². The summed E-state index contributed by atoms with van der Waals surface area (Å²) in [4.78, 5) is 13.3. The number of hydrogen-bond acceptors (Lipinski definition) is 2. The number of carboxylic acids is 1. The lowest BCUT2D eigenvalue weighted by atomic mass is 9.88. The SMILES string of the molecule is CCCCCCCC[C@@H]1C[C@H](C(=O)O)N1CCCC. The van der Waals surface area contributed by atoms with Gasteiger partial charge in [-0.3, -0.25) is 9.69 Å². The van der Waals surface area contributed by atoms with E-state index in [0.717, 1.165) is 25.8 Å². The fourth-order valence-corrected chi connectivity index (χ4v) is 3.01. The summed E-state index contributed by atoms with van der Waals surface area (Å²) in [5.41, 5.74) is 0. The molecule has 0 aromatic heterocycles. The van der Waals surface area contributed by atoms with E-state index in [9.17, 15) is 4.79 Å². The molecule has 3 nitrogen and oxygen atoms in total. The van der Waals surface area contributed by atoms with Crippen LogP contribution in [0.5, 0.6) is 0 Å². The molecule has 0 spiro atoms. The number of likely N-dealkylation sites (tertiary alicyclic amines) is 1. The second-order valence-electron chi connectivity index (χ2n) is 5.89. The molecule has 0 aromatic rings. The van der Waals surface area contributed by atoms with Crippen LogP contribution in [-0.4, -0.2) is 34.6 Å². The lowest BCUT2D eigenvalue weighted by Gasteiger charge is -2.46. The normalized spacial score (nSPS) is 23.3. The van der Waals surface area contributed by atoms with Crippen molar-refractivity contribution < 1.29 is 9.90 Å². The van der Waals surface area contributed by atoms with Crippen molar-refractivity contribution in [3.8, 4) is 0 Å². The third-order valence-electron chi connectivity index (χ3n) is 4.31. The Labute approximate surface area is 118 Å². The summed E-state index contributed by atoms with van der Waals surface area (Å²) >= 11 is 0. The van der Waals surface area contributed by atoms with Crippen molar-refractivity contribution in [1.29, 1.82) is 0 Å². The maximum atomic E-state index is 11.1. The molecule has 1 fully saturated rings. The molecule has 1 aliphatic rings. The van der Waals surface area contributed by atoms with Crippen LogP contribution in [-0.2, 0) is 4.79 Å². The fraction of sp³-hybridized carbons (Fsp3) is 0.938. The number of rotatable bonds is 11. The predicted molar refractivity (Wildman–Crippen MR) is 79.4 cm³/mol. The topological polar surface area (TPSA) is 40.5 Å². The van der Waals surface area contributed by atoms with Gasteiger partial charge < -0.3 is 5.11 Å². The molecule has 0 amide bonds. The summed E-state index contributed by atoms with van der Waals surface area (Å²) in [5, 5.41) is 9.15. The molecule has 1 heterocycles. The van der Waals surface area contributed by atoms with Gasteiger partial charge in [-0.2, -0.15) is 0 Å². The molecule has 112 valence electrons. The molecule has 19 heavy (non-hydrogen) atoms. The summed E-state index contributed by atoms with van der Waals surface area (Å²) in [6, 6.07) is 0.343. The van der Waals surface area contributed by atoms with Crippen LogP contribution < -0.4 is 0 Å². The molecule has 0 unspecified atom stereocenters. The van der Waals surface area contributed by atoms with Gasteiger partial charge in [0.15, 0.2) is 0 Å². The first-order chi connectivity index (χ1) is 9.20. The van der Waals surface area contributed by atoms with Crippen molar-refractivity contribution in [1.82, 2.24) is 4.90 Å². The van der Waals surface area contributed by atoms with Crippen molar-refractivity contribution >= 4 is 5.97 Å². The van der Waals surface area contributed by atoms with Crippen molar-refractivity contribution in [3.05, 3.63) is 0 Å². The molecule has 1 rings (SSSR count). The van der Waals surface area contributed by atoms with E-state index in [1.165, 1.54) is 44.9 Å². The number of carboxylic acid groups (broad SMARTS) is 1. The Hall–Kier alpha value is -0.570. The second-order valence-corrected chi connectivity index (χ2v) is 5.89. The van der Waals surface area contributed by atoms with E-state index in [2.05, 4.69) is 18.7 Å². The highest BCUT2D eigenvalue weighted by Crippen LogP contribution is 2.30. The molecule has 1 N–H and O–H groups in total. The first kappa shape index (κ1) is 16.5. The lowest BCUT2D eigenvalue weighted by molar-refractivity contribution is -0.152. The lowest BCUT2D eigenvalue weighted by Crippen LogP contribution is -2.59. The van der Waals surface area contributed by atoms with Gasteiger partial charge in [0.1, 0.15) is 6.04 Å². The third kappa shape index (κ3) is 5.52. The number of nitrogens with zero attached hydrogens (tertiary/aromatic N) is 1. The highest BCUT2D eigenvalue weighted by molar-refractivity contribution is 5.74. The van der Waals surface area contributed by atoms with Crippen LogP contribution in [0, 0.1) is 0 Å². The summed E-state index contributed by atoms with van der Waals surface area (Å²) in [5.74, 6) is -0.629. The zero-order valence-corrected chi connectivity index (χ0v) is 12.7. The van der Waals surface area contributed by atoms with Gasteiger partial charge in [0.05, 0.1) is 0 Å². The van der Waals surface area contributed by atoms with Gasteiger partial charge in [-0.1, -0.05) is 58.8 Å². The molecule has 0 radical (unpaired) electrons. The molecular weight excluding hydrogens is 238 g/mol. The van der Waals surface area contributed by atoms with Crippen molar-refractivity contribution in [2.75, 3.05) is 6.54 Å². The van der Waals surface area contributed by atoms with Gasteiger partial charge >= 0.3 is 5.97 Å². The van der Waals surface area contributed by atoms with E-state index in [0.29, 0.717) is 6.04 Å². The van der Waals surface area contributed by atoms with Gasteiger partial charge in [0, 0.05) is 6.04 Å². The van der Waals surface area contributed by atoms with Crippen LogP contribution in [0.4, 0.5) is 0 Å². The van der Waals surface area contributed by atoms with Crippen molar-refractivity contribution in [3.63, 3.8) is 0 Å². The Morgan fingerprint density at radius 2 is 1.68 bits per heavy atom. The molecule has 0 bridgehead atoms. The van der Waals surface area contributed by atoms with Crippen LogP contribution in [0.3, 0.4) is 0 Å². The van der Waals surface area contributed by atoms with Gasteiger partial charge in [-0.25, -0.2) is 0 Å². The summed E-state index contributed by atoms with van der Waals surface area (Å²) in [6.07, 6.45) is 12.3. The maximum Gasteiger partial charge on any atom is 0.320 e. The molecule has 1 saturated heterocycles. The van der Waals surface area contributed by atoms with E-state index in [-0.39, 0.29) is 6.04 Å². The van der Waals surface area contributed by atoms with Gasteiger partial charge in [0.2, 0.25) is 0 Å². The average molecular weight is 269 g/mol. The minimum Gasteiger partial charge on any atom is -0.480 e. The summed E-state index contributed by atoms with van der Waals surface area (Å²) in [6.45, 7) is 5.37. The Balaban J connectivity index is 2.16. The minimum absolute atomic E-state index is 0.198. The quantitative estimate of drug-likeness (QED) is 0.575. The largest absolute Gasteiger partial charge is 0.480 e. The Bertz CT molecular complexity index is 255. The van der Waals surface area contributed by atoms with E-state index >= 15 is 0 Å². The Kier molecular flexibility index (Phi) is 8.11. The summed E-state index contributed by atoms with van der Waals surface area (Å²) in [7, 11) is 0. The van der Waals surface area contributed by atoms with Crippen LogP contribution in [0.1, 0.15) is 78.1 Å². The molecule has 2 atom stereocenters. The minimum atomic E-state index is -0.629. The molecular formula is C16H31NO2. The Morgan fingerprint density at radius 3 is 2.32 bits per heavy atom. The highest BCUT2D eigenvalue weighted by Gasteiger charge is 2.41. The van der Waals surface area contributed by atoms with E-state index < -0.39 is 5.97 Å². The number of carbonyl (C=O) groups is 1. The summed E-state index contributed by atoms with van der Waals surface area (Å²) < 4.78 is 0. The standard InChI is InChI=1S/C16H31NO2/c1-3-5-7-8-9-10-11-14-13-15(16(18)19)17(14)12-6-4-2/h14-15H,3-13H2,1-2H3,(H,18,19)/t14-,15-/m1/s1. The zero-order chi connectivity index (χ0) is 14.1. The van der Waals surface area contributed by atoms with Gasteiger partial charge in [-0.05, 0) is 25.8 Å².